The fraction of sp³-hybridized carbons (Fsp3) is 0.417. The quantitative estimate of drug-likeness (QED) is 0.659. The van der Waals surface area contributed by atoms with Crippen molar-refractivity contribution in [3.63, 3.8) is 0 Å². The van der Waals surface area contributed by atoms with Gasteiger partial charge in [-0.2, -0.15) is 5.10 Å². The molecule has 5 heterocycles. The van der Waals surface area contributed by atoms with E-state index >= 15 is 0 Å². The Balaban J connectivity index is 1.24. The van der Waals surface area contributed by atoms with Crippen molar-refractivity contribution in [2.24, 2.45) is 0 Å². The fourth-order valence-electron chi connectivity index (χ4n) is 5.45. The van der Waals surface area contributed by atoms with Crippen LogP contribution in [0.3, 0.4) is 0 Å². The van der Waals surface area contributed by atoms with Crippen LogP contribution in [0.2, 0.25) is 0 Å². The number of rotatable bonds is 3. The Morgan fingerprint density at radius 2 is 1.97 bits per heavy atom. The average molecular weight is 415 g/mol. The number of nitrogens with zero attached hydrogens (tertiary/aromatic N) is 5. The predicted molar refractivity (Wildman–Crippen MR) is 116 cm³/mol. The van der Waals surface area contributed by atoms with Crippen LogP contribution in [0.1, 0.15) is 31.4 Å². The van der Waals surface area contributed by atoms with Gasteiger partial charge in [-0.25, -0.2) is 0 Å². The lowest BCUT2D eigenvalue weighted by atomic mass is 9.82. The number of para-hydroxylation sites is 1. The summed E-state index contributed by atoms with van der Waals surface area (Å²) in [7, 11) is 0. The molecular weight excluding hydrogens is 390 g/mol. The summed E-state index contributed by atoms with van der Waals surface area (Å²) < 4.78 is 2.11. The van der Waals surface area contributed by atoms with Crippen molar-refractivity contribution in [2.45, 2.75) is 37.6 Å². The molecule has 0 N–H and O–H groups in total. The van der Waals surface area contributed by atoms with E-state index in [1.807, 2.05) is 29.3 Å². The van der Waals surface area contributed by atoms with E-state index in [-0.39, 0.29) is 23.8 Å². The van der Waals surface area contributed by atoms with Gasteiger partial charge in [0.1, 0.15) is 0 Å². The van der Waals surface area contributed by atoms with Crippen LogP contribution >= 0.6 is 0 Å². The summed E-state index contributed by atoms with van der Waals surface area (Å²) in [5, 5.41) is 5.98. The van der Waals surface area contributed by atoms with E-state index < -0.39 is 0 Å². The van der Waals surface area contributed by atoms with Gasteiger partial charge in [0.15, 0.2) is 0 Å². The average Bonchev–Trinajstić information content (AvgIpc) is 3.55. The summed E-state index contributed by atoms with van der Waals surface area (Å²) in [4.78, 5) is 33.0. The lowest BCUT2D eigenvalue weighted by Gasteiger charge is -2.25. The van der Waals surface area contributed by atoms with Crippen molar-refractivity contribution in [1.29, 1.82) is 0 Å². The minimum Gasteiger partial charge on any atom is -0.340 e. The molecule has 0 saturated carbocycles. The van der Waals surface area contributed by atoms with E-state index in [1.165, 1.54) is 5.69 Å². The summed E-state index contributed by atoms with van der Waals surface area (Å²) in [6, 6.07) is 12.4. The van der Waals surface area contributed by atoms with Gasteiger partial charge >= 0.3 is 0 Å². The number of hydrogen-bond acceptors (Lipinski definition) is 4. The molecule has 0 radical (unpaired) electrons. The second-order valence-corrected chi connectivity index (χ2v) is 9.07. The van der Waals surface area contributed by atoms with Gasteiger partial charge in [-0.05, 0) is 37.5 Å². The summed E-state index contributed by atoms with van der Waals surface area (Å²) in [5.74, 6) is 0.180. The number of hydrogen-bond donors (Lipinski definition) is 0. The van der Waals surface area contributed by atoms with Gasteiger partial charge in [-0.15, -0.1) is 0 Å². The van der Waals surface area contributed by atoms with Gasteiger partial charge in [0.05, 0.1) is 17.8 Å². The first-order valence-corrected chi connectivity index (χ1v) is 11.1. The molecule has 7 heteroatoms. The molecule has 31 heavy (non-hydrogen) atoms. The van der Waals surface area contributed by atoms with E-state index in [0.29, 0.717) is 13.0 Å². The normalized spacial score (nSPS) is 22.8. The number of carbonyl (C=O) groups excluding carboxylic acids is 2. The van der Waals surface area contributed by atoms with Crippen LogP contribution in [0.25, 0.3) is 22.2 Å². The zero-order valence-electron chi connectivity index (χ0n) is 17.5. The first-order chi connectivity index (χ1) is 15.1. The minimum atomic E-state index is -0.0276. The molecule has 3 aromatic rings. The van der Waals surface area contributed by atoms with Gasteiger partial charge in [-0.1, -0.05) is 18.2 Å². The summed E-state index contributed by atoms with van der Waals surface area (Å²) in [5.41, 5.74) is 4.15. The molecule has 6 rings (SSSR count). The zero-order valence-corrected chi connectivity index (χ0v) is 17.5. The molecule has 3 aliphatic rings. The van der Waals surface area contributed by atoms with Gasteiger partial charge in [0.2, 0.25) is 11.8 Å². The van der Waals surface area contributed by atoms with Crippen molar-refractivity contribution in [3.05, 3.63) is 48.3 Å². The molecule has 7 nitrogen and oxygen atoms in total. The number of likely N-dealkylation sites (tertiary alicyclic amines) is 2. The number of benzene rings is 1. The van der Waals surface area contributed by atoms with E-state index in [0.717, 1.165) is 61.1 Å². The Labute approximate surface area is 180 Å². The van der Waals surface area contributed by atoms with Gasteiger partial charge in [0, 0.05) is 60.9 Å². The second kappa shape index (κ2) is 6.90. The highest BCUT2D eigenvalue weighted by Crippen LogP contribution is 2.43. The van der Waals surface area contributed by atoms with Crippen molar-refractivity contribution in [2.75, 3.05) is 26.2 Å². The predicted octanol–water partition coefficient (Wildman–Crippen LogP) is 2.59. The molecule has 2 fully saturated rings. The third kappa shape index (κ3) is 3.02. The molecule has 2 saturated heterocycles. The van der Waals surface area contributed by atoms with Crippen molar-refractivity contribution in [3.8, 4) is 11.3 Å². The largest absolute Gasteiger partial charge is 0.340 e. The third-order valence-corrected chi connectivity index (χ3v) is 7.22. The molecule has 0 bridgehead atoms. The van der Waals surface area contributed by atoms with Crippen LogP contribution in [-0.4, -0.2) is 62.6 Å². The smallest absolute Gasteiger partial charge is 0.242 e. The number of pyridine rings is 1. The number of carbonyl (C=O) groups is 2. The molecule has 0 aliphatic carbocycles. The SMILES string of the molecule is O=C1CCCN1CC(=O)N1CCC2(CCn3nc(-c4cnc5ccccc5c4)cc32)C1. The van der Waals surface area contributed by atoms with Crippen LogP contribution in [0, 0.1) is 0 Å². The molecule has 158 valence electrons. The Hall–Kier alpha value is -3.22. The number of fused-ring (bicyclic) bond motifs is 3. The third-order valence-electron chi connectivity index (χ3n) is 7.22. The van der Waals surface area contributed by atoms with E-state index in [4.69, 9.17) is 5.10 Å². The molecular formula is C24H25N5O2. The second-order valence-electron chi connectivity index (χ2n) is 9.07. The first kappa shape index (κ1) is 18.5. The summed E-state index contributed by atoms with van der Waals surface area (Å²) >= 11 is 0. The zero-order chi connectivity index (χ0) is 21.0. The maximum Gasteiger partial charge on any atom is 0.242 e. The lowest BCUT2D eigenvalue weighted by molar-refractivity contribution is -0.137. The van der Waals surface area contributed by atoms with Crippen molar-refractivity contribution < 1.29 is 9.59 Å². The van der Waals surface area contributed by atoms with Crippen LogP contribution in [0.5, 0.6) is 0 Å². The standard InChI is InChI=1S/C24H25N5O2/c30-22-6-3-9-27(22)15-23(31)28-10-7-24(16-28)8-11-29-21(24)13-20(26-29)18-12-17-4-1-2-5-19(17)25-14-18/h1-2,4-5,12-14H,3,6-11,15-16H2. The molecule has 2 aromatic heterocycles. The molecule has 1 aromatic carbocycles. The molecule has 3 aliphatic heterocycles. The summed E-state index contributed by atoms with van der Waals surface area (Å²) in [6.45, 7) is 3.28. The topological polar surface area (TPSA) is 71.3 Å². The highest BCUT2D eigenvalue weighted by Gasteiger charge is 2.47. The Morgan fingerprint density at radius 1 is 1.10 bits per heavy atom. The maximum atomic E-state index is 12.9. The number of aryl methyl sites for hydroxylation is 1. The number of aromatic nitrogens is 3. The minimum absolute atomic E-state index is 0.0276. The monoisotopic (exact) mass is 415 g/mol. The lowest BCUT2D eigenvalue weighted by Crippen LogP contribution is -2.41. The van der Waals surface area contributed by atoms with Gasteiger partial charge in [0.25, 0.3) is 0 Å². The molecule has 1 unspecified atom stereocenters. The highest BCUT2D eigenvalue weighted by atomic mass is 16.2. The van der Waals surface area contributed by atoms with E-state index in [9.17, 15) is 9.59 Å². The van der Waals surface area contributed by atoms with E-state index in [1.54, 1.807) is 4.90 Å². The van der Waals surface area contributed by atoms with Gasteiger partial charge in [-0.3, -0.25) is 19.3 Å². The molecule has 2 amide bonds. The van der Waals surface area contributed by atoms with Crippen LogP contribution in [0.15, 0.2) is 42.6 Å². The van der Waals surface area contributed by atoms with Crippen LogP contribution < -0.4 is 0 Å². The first-order valence-electron chi connectivity index (χ1n) is 11.1. The number of amides is 2. The molecule has 1 spiro atoms. The van der Waals surface area contributed by atoms with Crippen LogP contribution in [-0.2, 0) is 21.5 Å². The van der Waals surface area contributed by atoms with Crippen molar-refractivity contribution >= 4 is 22.7 Å². The Kier molecular flexibility index (Phi) is 4.13. The maximum absolute atomic E-state index is 12.9. The summed E-state index contributed by atoms with van der Waals surface area (Å²) in [6.07, 6.45) is 5.29. The Bertz CT molecular complexity index is 1200. The van der Waals surface area contributed by atoms with Crippen LogP contribution in [0.4, 0.5) is 0 Å². The highest BCUT2D eigenvalue weighted by molar-refractivity contribution is 5.86. The fourth-order valence-corrected chi connectivity index (χ4v) is 5.45. The van der Waals surface area contributed by atoms with E-state index in [2.05, 4.69) is 27.9 Å². The van der Waals surface area contributed by atoms with Crippen molar-refractivity contribution in [1.82, 2.24) is 24.6 Å². The Morgan fingerprint density at radius 3 is 2.84 bits per heavy atom. The van der Waals surface area contributed by atoms with Gasteiger partial charge < -0.3 is 9.80 Å². The molecule has 1 atom stereocenters.